The van der Waals surface area contributed by atoms with Gasteiger partial charge in [0.1, 0.15) is 0 Å². The number of benzene rings is 3. The van der Waals surface area contributed by atoms with Gasteiger partial charge in [-0.15, -0.1) is 0 Å². The summed E-state index contributed by atoms with van der Waals surface area (Å²) in [6.45, 7) is 3.92. The molecule has 1 amide bonds. The lowest BCUT2D eigenvalue weighted by Crippen LogP contribution is -2.40. The van der Waals surface area contributed by atoms with Crippen molar-refractivity contribution in [1.29, 1.82) is 0 Å². The summed E-state index contributed by atoms with van der Waals surface area (Å²) < 4.78 is 13.7. The first-order chi connectivity index (χ1) is 18.4. The Kier molecular flexibility index (Phi) is 7.05. The van der Waals surface area contributed by atoms with Gasteiger partial charge in [-0.25, -0.2) is 4.79 Å². The van der Waals surface area contributed by atoms with Gasteiger partial charge in [-0.1, -0.05) is 42.0 Å². The summed E-state index contributed by atoms with van der Waals surface area (Å²) in [6, 6.07) is 18.4. The number of ether oxygens (including phenoxy) is 2. The van der Waals surface area contributed by atoms with E-state index in [2.05, 4.69) is 0 Å². The van der Waals surface area contributed by atoms with E-state index in [1.165, 1.54) is 18.8 Å². The van der Waals surface area contributed by atoms with Gasteiger partial charge >= 0.3 is 5.69 Å². The molecule has 5 rings (SSSR count). The van der Waals surface area contributed by atoms with Crippen LogP contribution in [0.5, 0.6) is 11.5 Å². The van der Waals surface area contributed by atoms with Crippen LogP contribution >= 0.6 is 0 Å². The van der Waals surface area contributed by atoms with E-state index in [0.717, 1.165) is 42.6 Å². The first-order valence-electron chi connectivity index (χ1n) is 12.7. The predicted molar refractivity (Wildman–Crippen MR) is 147 cm³/mol. The number of hydrogen-bond donors (Lipinski definition) is 0. The number of methoxy groups -OCH3 is 2. The van der Waals surface area contributed by atoms with Crippen molar-refractivity contribution in [2.24, 2.45) is 0 Å². The Hall–Kier alpha value is -4.33. The van der Waals surface area contributed by atoms with E-state index in [4.69, 9.17) is 9.47 Å². The molecule has 0 radical (unpaired) electrons. The number of likely N-dealkylation sites (tertiary alicyclic amines) is 1. The van der Waals surface area contributed by atoms with Crippen LogP contribution in [0.25, 0.3) is 10.9 Å². The zero-order valence-electron chi connectivity index (χ0n) is 21.9. The Labute approximate surface area is 220 Å². The summed E-state index contributed by atoms with van der Waals surface area (Å²) in [5, 5.41) is 0.357. The highest BCUT2D eigenvalue weighted by Gasteiger charge is 2.20. The molecule has 196 valence electrons. The minimum Gasteiger partial charge on any atom is -0.493 e. The predicted octanol–water partition coefficient (Wildman–Crippen LogP) is 3.82. The molecule has 1 aliphatic heterocycles. The molecule has 1 fully saturated rings. The first-order valence-corrected chi connectivity index (χ1v) is 12.7. The summed E-state index contributed by atoms with van der Waals surface area (Å²) in [7, 11) is 3.03. The van der Waals surface area contributed by atoms with Crippen LogP contribution in [-0.4, -0.2) is 47.3 Å². The van der Waals surface area contributed by atoms with Gasteiger partial charge in [0.2, 0.25) is 0 Å². The fourth-order valence-corrected chi connectivity index (χ4v) is 5.07. The zero-order valence-corrected chi connectivity index (χ0v) is 21.9. The number of carbonyl (C=O) groups is 1. The molecule has 8 nitrogen and oxygen atoms in total. The molecule has 0 atom stereocenters. The molecule has 0 bridgehead atoms. The van der Waals surface area contributed by atoms with Gasteiger partial charge in [-0.3, -0.25) is 18.7 Å². The Bertz CT molecular complexity index is 1610. The number of carbonyl (C=O) groups excluding carboxylic acids is 1. The quantitative estimate of drug-likeness (QED) is 0.375. The molecule has 2 heterocycles. The average Bonchev–Trinajstić information content (AvgIpc) is 3.48. The third kappa shape index (κ3) is 4.81. The third-order valence-electron chi connectivity index (χ3n) is 7.09. The van der Waals surface area contributed by atoms with E-state index in [9.17, 15) is 14.4 Å². The van der Waals surface area contributed by atoms with E-state index in [-0.39, 0.29) is 19.0 Å². The highest BCUT2D eigenvalue weighted by Crippen LogP contribution is 2.30. The normalized spacial score (nSPS) is 13.2. The lowest BCUT2D eigenvalue weighted by atomic mass is 10.1. The number of rotatable bonds is 7. The van der Waals surface area contributed by atoms with Gasteiger partial charge in [0, 0.05) is 24.7 Å². The van der Waals surface area contributed by atoms with Crippen molar-refractivity contribution in [3.05, 3.63) is 104 Å². The lowest BCUT2D eigenvalue weighted by Gasteiger charge is -2.17. The summed E-state index contributed by atoms with van der Waals surface area (Å²) in [5.41, 5.74) is 3.02. The molecule has 1 aliphatic rings. The number of aryl methyl sites for hydroxylation is 1. The molecular formula is C30H31N3O5. The first kappa shape index (κ1) is 25.3. The summed E-state index contributed by atoms with van der Waals surface area (Å²) in [4.78, 5) is 42.0. The molecule has 3 aromatic carbocycles. The van der Waals surface area contributed by atoms with Gasteiger partial charge in [-0.2, -0.15) is 0 Å². The Morgan fingerprint density at radius 1 is 0.816 bits per heavy atom. The van der Waals surface area contributed by atoms with Crippen LogP contribution in [0.3, 0.4) is 0 Å². The van der Waals surface area contributed by atoms with Crippen molar-refractivity contribution in [2.45, 2.75) is 32.9 Å². The summed E-state index contributed by atoms with van der Waals surface area (Å²) in [5.74, 6) is 0.862. The SMILES string of the molecule is COc1cc2c(=O)n(Cc3ccc(C(=O)N4CCCC4)cc3)c(=O)n(Cc3cccc(C)c3)c2cc1OC. The number of amides is 1. The van der Waals surface area contributed by atoms with Gasteiger partial charge < -0.3 is 14.4 Å². The van der Waals surface area contributed by atoms with Crippen LogP contribution in [0, 0.1) is 6.92 Å². The number of fused-ring (bicyclic) bond motifs is 1. The molecule has 38 heavy (non-hydrogen) atoms. The third-order valence-corrected chi connectivity index (χ3v) is 7.09. The average molecular weight is 514 g/mol. The monoisotopic (exact) mass is 513 g/mol. The van der Waals surface area contributed by atoms with Crippen molar-refractivity contribution in [3.63, 3.8) is 0 Å². The molecule has 8 heteroatoms. The van der Waals surface area contributed by atoms with E-state index in [1.807, 2.05) is 36.1 Å². The molecule has 1 aromatic heterocycles. The number of aromatic nitrogens is 2. The fourth-order valence-electron chi connectivity index (χ4n) is 5.07. The molecule has 0 saturated carbocycles. The van der Waals surface area contributed by atoms with E-state index < -0.39 is 11.2 Å². The van der Waals surface area contributed by atoms with Crippen LogP contribution in [0.1, 0.15) is 39.9 Å². The maximum atomic E-state index is 13.8. The van der Waals surface area contributed by atoms with Crippen LogP contribution in [0.2, 0.25) is 0 Å². The molecular weight excluding hydrogens is 482 g/mol. The smallest absolute Gasteiger partial charge is 0.332 e. The van der Waals surface area contributed by atoms with E-state index in [1.54, 1.807) is 41.0 Å². The lowest BCUT2D eigenvalue weighted by molar-refractivity contribution is 0.0793. The van der Waals surface area contributed by atoms with Crippen molar-refractivity contribution >= 4 is 16.8 Å². The van der Waals surface area contributed by atoms with Crippen LogP contribution in [0.4, 0.5) is 0 Å². The maximum Gasteiger partial charge on any atom is 0.332 e. The Morgan fingerprint density at radius 3 is 2.13 bits per heavy atom. The van der Waals surface area contributed by atoms with Crippen molar-refractivity contribution in [3.8, 4) is 11.5 Å². The Balaban J connectivity index is 1.59. The second-order valence-corrected chi connectivity index (χ2v) is 9.67. The maximum absolute atomic E-state index is 13.8. The van der Waals surface area contributed by atoms with E-state index in [0.29, 0.717) is 28.0 Å². The zero-order chi connectivity index (χ0) is 26.8. The minimum absolute atomic E-state index is 0.0125. The van der Waals surface area contributed by atoms with Crippen LogP contribution in [-0.2, 0) is 13.1 Å². The summed E-state index contributed by atoms with van der Waals surface area (Å²) in [6.07, 6.45) is 2.06. The van der Waals surface area contributed by atoms with Crippen LogP contribution < -0.4 is 20.7 Å². The number of nitrogens with zero attached hydrogens (tertiary/aromatic N) is 3. The minimum atomic E-state index is -0.423. The highest BCUT2D eigenvalue weighted by molar-refractivity contribution is 5.94. The second-order valence-electron chi connectivity index (χ2n) is 9.67. The molecule has 0 unspecified atom stereocenters. The topological polar surface area (TPSA) is 82.8 Å². The molecule has 0 aliphatic carbocycles. The largest absolute Gasteiger partial charge is 0.493 e. The number of hydrogen-bond acceptors (Lipinski definition) is 5. The molecule has 0 N–H and O–H groups in total. The van der Waals surface area contributed by atoms with Gasteiger partial charge in [0.15, 0.2) is 11.5 Å². The van der Waals surface area contributed by atoms with Crippen molar-refractivity contribution in [1.82, 2.24) is 14.0 Å². The standard InChI is InChI=1S/C30H31N3O5/c1-20-7-6-8-22(15-20)19-32-25-17-27(38-3)26(37-2)16-24(25)29(35)33(30(32)36)18-21-9-11-23(12-10-21)28(34)31-13-4-5-14-31/h6-12,15-17H,4-5,13-14,18-19H2,1-3H3. The second kappa shape index (κ2) is 10.6. The summed E-state index contributed by atoms with van der Waals surface area (Å²) >= 11 is 0. The molecule has 0 spiro atoms. The molecule has 4 aromatic rings. The van der Waals surface area contributed by atoms with Gasteiger partial charge in [0.05, 0.1) is 38.2 Å². The van der Waals surface area contributed by atoms with E-state index >= 15 is 0 Å². The fraction of sp³-hybridized carbons (Fsp3) is 0.300. The van der Waals surface area contributed by atoms with Crippen LogP contribution in [0.15, 0.2) is 70.3 Å². The van der Waals surface area contributed by atoms with Crippen molar-refractivity contribution in [2.75, 3.05) is 27.3 Å². The highest BCUT2D eigenvalue weighted by atomic mass is 16.5. The van der Waals surface area contributed by atoms with Gasteiger partial charge in [-0.05, 0) is 49.1 Å². The molecule has 1 saturated heterocycles. The Morgan fingerprint density at radius 2 is 1.47 bits per heavy atom. The van der Waals surface area contributed by atoms with Gasteiger partial charge in [0.25, 0.3) is 11.5 Å². The van der Waals surface area contributed by atoms with Crippen molar-refractivity contribution < 1.29 is 14.3 Å².